The number of rotatable bonds is 19. The van der Waals surface area contributed by atoms with Crippen LogP contribution in [-0.2, 0) is 24.7 Å². The molecule has 2 saturated carbocycles. The van der Waals surface area contributed by atoms with Gasteiger partial charge in [-0.25, -0.2) is 4.79 Å². The van der Waals surface area contributed by atoms with Gasteiger partial charge in [0.1, 0.15) is 6.04 Å². The van der Waals surface area contributed by atoms with Gasteiger partial charge in [-0.15, -0.1) is 0 Å². The van der Waals surface area contributed by atoms with E-state index < -0.39 is 53.9 Å². The van der Waals surface area contributed by atoms with Gasteiger partial charge in [-0.05, 0) is 92.3 Å². The lowest BCUT2D eigenvalue weighted by Gasteiger charge is -2.19. The van der Waals surface area contributed by atoms with E-state index in [0.29, 0.717) is 35.9 Å². The summed E-state index contributed by atoms with van der Waals surface area (Å²) in [6, 6.07) is 11.2. The van der Waals surface area contributed by atoms with Gasteiger partial charge >= 0.3 is 18.2 Å². The molecular formula is C35H39ClF3N7O7. The van der Waals surface area contributed by atoms with Gasteiger partial charge < -0.3 is 35.8 Å². The first-order chi connectivity index (χ1) is 25.3. The molecule has 3 aromatic rings. The van der Waals surface area contributed by atoms with E-state index >= 15 is 0 Å². The molecule has 1 aromatic heterocycles. The van der Waals surface area contributed by atoms with Crippen LogP contribution in [0.5, 0.6) is 6.01 Å². The van der Waals surface area contributed by atoms with E-state index in [1.807, 2.05) is 12.1 Å². The number of nitrogens with zero attached hydrogens (tertiary/aromatic N) is 3. The Kier molecular flexibility index (Phi) is 12.7. The Balaban J connectivity index is 1.20. The molecule has 2 aliphatic rings. The van der Waals surface area contributed by atoms with E-state index in [1.165, 1.54) is 24.3 Å². The Morgan fingerprint density at radius 1 is 0.981 bits per heavy atom. The molecule has 0 spiro atoms. The third-order valence-corrected chi connectivity index (χ3v) is 9.13. The maximum absolute atomic E-state index is 13.1. The standard InChI is InChI=1S/C35H39ClF3N7O7/c1-52-30(51)26(12-16-40-29(50)27(48)18-22(13-17-47)20-2-3-20)42-28(49)21-4-10-25(11-5-21)41-31-43-32(45-33(44-31)53-19-35(37,38)39)46-34(14-15-34)23-6-8-24(36)9-7-23/h4-11,20,22,26,47H,2-3,12-19H2,1H3,(H,40,50)(H,42,49)(H2,41,43,44,45,46)/t22?,26-/m1/s1. The molecule has 5 rings (SSSR count). The molecule has 2 aromatic carbocycles. The molecule has 0 bridgehead atoms. The van der Waals surface area contributed by atoms with E-state index in [2.05, 4.69) is 36.2 Å². The number of aliphatic hydroxyl groups is 1. The number of alkyl halides is 3. The number of benzene rings is 2. The average Bonchev–Trinajstić information content (AvgIpc) is 4.07. The predicted molar refractivity (Wildman–Crippen MR) is 186 cm³/mol. The van der Waals surface area contributed by atoms with Gasteiger partial charge in [0.15, 0.2) is 6.61 Å². The van der Waals surface area contributed by atoms with Crippen molar-refractivity contribution in [1.29, 1.82) is 0 Å². The molecule has 2 amide bonds. The van der Waals surface area contributed by atoms with Crippen LogP contribution in [0.2, 0.25) is 5.02 Å². The van der Waals surface area contributed by atoms with Gasteiger partial charge in [-0.2, -0.15) is 28.1 Å². The van der Waals surface area contributed by atoms with Crippen LogP contribution in [-0.4, -0.2) is 82.7 Å². The number of anilines is 3. The minimum Gasteiger partial charge on any atom is -0.467 e. The number of hydrogen-bond acceptors (Lipinski definition) is 12. The van der Waals surface area contributed by atoms with Gasteiger partial charge in [0.25, 0.3) is 11.8 Å². The number of esters is 1. The number of hydrogen-bond donors (Lipinski definition) is 5. The number of carbonyl (C=O) groups excluding carboxylic acids is 4. The summed E-state index contributed by atoms with van der Waals surface area (Å²) in [5.74, 6) is -2.69. The number of amides is 2. The minimum absolute atomic E-state index is 0.0262. The third-order valence-electron chi connectivity index (χ3n) is 8.88. The molecule has 2 aliphatic carbocycles. The van der Waals surface area contributed by atoms with Crippen molar-refractivity contribution in [3.63, 3.8) is 0 Å². The molecule has 5 N–H and O–H groups in total. The van der Waals surface area contributed by atoms with E-state index in [-0.39, 0.29) is 49.4 Å². The fourth-order valence-corrected chi connectivity index (χ4v) is 5.86. The Morgan fingerprint density at radius 3 is 2.26 bits per heavy atom. The second-order valence-corrected chi connectivity index (χ2v) is 13.4. The van der Waals surface area contributed by atoms with Crippen LogP contribution >= 0.6 is 11.6 Å². The van der Waals surface area contributed by atoms with E-state index in [4.69, 9.17) is 21.1 Å². The molecule has 53 heavy (non-hydrogen) atoms. The highest BCUT2D eigenvalue weighted by atomic mass is 35.5. The largest absolute Gasteiger partial charge is 0.467 e. The Labute approximate surface area is 307 Å². The fourth-order valence-electron chi connectivity index (χ4n) is 5.74. The molecule has 0 aliphatic heterocycles. The Morgan fingerprint density at radius 2 is 1.66 bits per heavy atom. The molecule has 1 unspecified atom stereocenters. The van der Waals surface area contributed by atoms with E-state index in [9.17, 15) is 37.5 Å². The van der Waals surface area contributed by atoms with Gasteiger partial charge in [-0.3, -0.25) is 14.4 Å². The molecule has 1 heterocycles. The van der Waals surface area contributed by atoms with Crippen molar-refractivity contribution in [2.45, 2.75) is 62.7 Å². The van der Waals surface area contributed by atoms with Crippen LogP contribution in [0.4, 0.5) is 30.8 Å². The summed E-state index contributed by atoms with van der Waals surface area (Å²) in [5, 5.41) is 20.9. The quantitative estimate of drug-likeness (QED) is 0.0853. The van der Waals surface area contributed by atoms with Crippen LogP contribution in [0.3, 0.4) is 0 Å². The smallest absolute Gasteiger partial charge is 0.422 e. The number of ether oxygens (including phenoxy) is 2. The zero-order valence-electron chi connectivity index (χ0n) is 28.7. The highest BCUT2D eigenvalue weighted by molar-refractivity contribution is 6.36. The molecule has 0 saturated heterocycles. The summed E-state index contributed by atoms with van der Waals surface area (Å²) in [7, 11) is 1.15. The van der Waals surface area contributed by atoms with Crippen LogP contribution in [0, 0.1) is 11.8 Å². The molecule has 2 fully saturated rings. The van der Waals surface area contributed by atoms with Crippen molar-refractivity contribution in [3.8, 4) is 6.01 Å². The van der Waals surface area contributed by atoms with Crippen LogP contribution in [0.1, 0.15) is 60.9 Å². The summed E-state index contributed by atoms with van der Waals surface area (Å²) in [6.45, 7) is -1.78. The van der Waals surface area contributed by atoms with Crippen LogP contribution < -0.4 is 26.0 Å². The second-order valence-electron chi connectivity index (χ2n) is 12.9. The second kappa shape index (κ2) is 17.2. The molecule has 284 valence electrons. The number of aromatic nitrogens is 3. The van der Waals surface area contributed by atoms with Gasteiger partial charge in [0.2, 0.25) is 17.7 Å². The van der Waals surface area contributed by atoms with Crippen molar-refractivity contribution in [3.05, 3.63) is 64.7 Å². The summed E-state index contributed by atoms with van der Waals surface area (Å²) in [4.78, 5) is 62.6. The van der Waals surface area contributed by atoms with Crippen molar-refractivity contribution >= 4 is 52.8 Å². The molecule has 18 heteroatoms. The van der Waals surface area contributed by atoms with Crippen molar-refractivity contribution in [2.75, 3.05) is 37.5 Å². The topological polar surface area (TPSA) is 194 Å². The summed E-state index contributed by atoms with van der Waals surface area (Å²) >= 11 is 6.03. The SMILES string of the molecule is COC(=O)[C@@H](CCNC(=O)C(=O)CC(CCO)C1CC1)NC(=O)c1ccc(Nc2nc(NC3(c4ccc(Cl)cc4)CC3)nc(OCC(F)(F)F)n2)cc1. The number of ketones is 1. The lowest BCUT2D eigenvalue weighted by molar-refractivity contribution is -0.154. The highest BCUT2D eigenvalue weighted by Gasteiger charge is 2.45. The predicted octanol–water partition coefficient (Wildman–Crippen LogP) is 4.46. The van der Waals surface area contributed by atoms with Crippen molar-refractivity contribution < 1.29 is 46.9 Å². The normalized spacial score (nSPS) is 15.7. The number of Topliss-reactive ketones (excluding diaryl/α,β-unsaturated/α-hetero) is 1. The molecule has 0 radical (unpaired) electrons. The number of aliphatic hydroxyl groups excluding tert-OH is 1. The van der Waals surface area contributed by atoms with Crippen LogP contribution in [0.25, 0.3) is 0 Å². The lowest BCUT2D eigenvalue weighted by Crippen LogP contribution is -2.44. The number of carbonyl (C=O) groups is 4. The number of nitrogens with one attached hydrogen (secondary N) is 4. The minimum atomic E-state index is -4.63. The maximum atomic E-state index is 13.1. The fraction of sp³-hybridized carbons (Fsp3) is 0.457. The first-order valence-electron chi connectivity index (χ1n) is 16.9. The summed E-state index contributed by atoms with van der Waals surface area (Å²) < 4.78 is 48.5. The first-order valence-corrected chi connectivity index (χ1v) is 17.3. The molecule has 2 atom stereocenters. The van der Waals surface area contributed by atoms with Gasteiger partial charge in [0, 0.05) is 35.8 Å². The number of methoxy groups -OCH3 is 1. The van der Waals surface area contributed by atoms with Gasteiger partial charge in [0.05, 0.1) is 12.6 Å². The summed E-state index contributed by atoms with van der Waals surface area (Å²) in [5.41, 5.74) is 0.846. The average molecular weight is 762 g/mol. The van der Waals surface area contributed by atoms with Crippen molar-refractivity contribution in [1.82, 2.24) is 25.6 Å². The van der Waals surface area contributed by atoms with Crippen LogP contribution in [0.15, 0.2) is 48.5 Å². The Hall–Kier alpha value is -5.03. The zero-order valence-corrected chi connectivity index (χ0v) is 29.4. The summed E-state index contributed by atoms with van der Waals surface area (Å²) in [6.07, 6.45) is -0.863. The maximum Gasteiger partial charge on any atom is 0.422 e. The third kappa shape index (κ3) is 11.5. The molecule has 14 nitrogen and oxygen atoms in total. The van der Waals surface area contributed by atoms with E-state index in [1.54, 1.807) is 12.1 Å². The lowest BCUT2D eigenvalue weighted by atomic mass is 9.94. The van der Waals surface area contributed by atoms with Crippen molar-refractivity contribution in [2.24, 2.45) is 11.8 Å². The first kappa shape index (κ1) is 39.2. The monoisotopic (exact) mass is 761 g/mol. The number of halogens is 4. The highest BCUT2D eigenvalue weighted by Crippen LogP contribution is 2.48. The van der Waals surface area contributed by atoms with Gasteiger partial charge in [-0.1, -0.05) is 23.7 Å². The van der Waals surface area contributed by atoms with E-state index in [0.717, 1.165) is 25.5 Å². The molecular weight excluding hydrogens is 723 g/mol. The Bertz CT molecular complexity index is 1770. The zero-order chi connectivity index (χ0) is 38.2.